The summed E-state index contributed by atoms with van der Waals surface area (Å²) in [4.78, 5) is 0. The highest BCUT2D eigenvalue weighted by molar-refractivity contribution is 9.10. The van der Waals surface area contributed by atoms with Crippen LogP contribution < -0.4 is 5.73 Å². The van der Waals surface area contributed by atoms with Crippen molar-refractivity contribution in [3.8, 4) is 0 Å². The quantitative estimate of drug-likeness (QED) is 0.887. The highest BCUT2D eigenvalue weighted by Gasteiger charge is 2.08. The van der Waals surface area contributed by atoms with Gasteiger partial charge >= 0.3 is 0 Å². The molecule has 1 rings (SSSR count). The average molecular weight is 246 g/mol. The molecule has 0 saturated heterocycles. The molecule has 0 spiro atoms. The maximum absolute atomic E-state index is 5.94. The topological polar surface area (TPSA) is 39.2 Å². The maximum Gasteiger partial charge on any atom is 0.169 e. The second kappa shape index (κ2) is 4.82. The molecule has 0 saturated carbocycles. The van der Waals surface area contributed by atoms with Crippen LogP contribution in [0.25, 0.3) is 0 Å². The van der Waals surface area contributed by atoms with Crippen LogP contribution in [0.3, 0.4) is 0 Å². The normalized spacial score (nSPS) is 13.6. The largest absolute Gasteiger partial charge is 0.454 e. The molecule has 0 radical (unpaired) electrons. The Morgan fingerprint density at radius 1 is 1.46 bits per heavy atom. The minimum absolute atomic E-state index is 0.207. The summed E-state index contributed by atoms with van der Waals surface area (Å²) >= 11 is 3.27. The van der Waals surface area contributed by atoms with Crippen molar-refractivity contribution in [3.05, 3.63) is 22.6 Å². The van der Waals surface area contributed by atoms with Gasteiger partial charge in [-0.2, -0.15) is 0 Å². The number of hydrogen-bond acceptors (Lipinski definition) is 2. The first-order chi connectivity index (χ1) is 6.08. The number of nitrogens with two attached hydrogens (primary N) is 1. The Hall–Kier alpha value is -0.280. The molecule has 0 aliphatic rings. The van der Waals surface area contributed by atoms with E-state index in [-0.39, 0.29) is 6.04 Å². The van der Waals surface area contributed by atoms with Gasteiger partial charge in [0.05, 0.1) is 0 Å². The third-order valence-corrected chi connectivity index (χ3v) is 2.29. The summed E-state index contributed by atoms with van der Waals surface area (Å²) in [6.45, 7) is 4.36. The van der Waals surface area contributed by atoms with Crippen LogP contribution in [-0.2, 0) is 6.42 Å². The first kappa shape index (κ1) is 10.8. The lowest BCUT2D eigenvalue weighted by molar-refractivity contribution is 0.432. The lowest BCUT2D eigenvalue weighted by Gasteiger charge is -2.11. The van der Waals surface area contributed by atoms with Crippen LogP contribution in [0.4, 0.5) is 0 Å². The molecule has 0 aromatic carbocycles. The monoisotopic (exact) mass is 245 g/mol. The van der Waals surface area contributed by atoms with Gasteiger partial charge in [0.2, 0.25) is 0 Å². The zero-order valence-corrected chi connectivity index (χ0v) is 9.67. The van der Waals surface area contributed by atoms with Gasteiger partial charge in [0.1, 0.15) is 5.76 Å². The number of hydrogen-bond donors (Lipinski definition) is 1. The van der Waals surface area contributed by atoms with E-state index in [4.69, 9.17) is 10.2 Å². The van der Waals surface area contributed by atoms with E-state index in [2.05, 4.69) is 29.8 Å². The molecule has 1 aromatic heterocycles. The Morgan fingerprint density at radius 2 is 2.15 bits per heavy atom. The van der Waals surface area contributed by atoms with Gasteiger partial charge in [0.15, 0.2) is 4.67 Å². The van der Waals surface area contributed by atoms with E-state index in [1.807, 2.05) is 12.1 Å². The van der Waals surface area contributed by atoms with Gasteiger partial charge in [-0.05, 0) is 40.4 Å². The summed E-state index contributed by atoms with van der Waals surface area (Å²) in [7, 11) is 0. The molecule has 2 nitrogen and oxygen atoms in total. The molecule has 74 valence electrons. The van der Waals surface area contributed by atoms with Crippen LogP contribution in [0.2, 0.25) is 0 Å². The van der Waals surface area contributed by atoms with E-state index in [0.29, 0.717) is 5.92 Å². The van der Waals surface area contributed by atoms with Crippen molar-refractivity contribution in [3.63, 3.8) is 0 Å². The summed E-state index contributed by atoms with van der Waals surface area (Å²) in [6, 6.07) is 4.07. The summed E-state index contributed by atoms with van der Waals surface area (Å²) in [5, 5.41) is 0. The van der Waals surface area contributed by atoms with Crippen molar-refractivity contribution in [2.45, 2.75) is 32.7 Å². The van der Waals surface area contributed by atoms with Crippen molar-refractivity contribution < 1.29 is 4.42 Å². The minimum Gasteiger partial charge on any atom is -0.454 e. The molecule has 13 heavy (non-hydrogen) atoms. The third-order valence-electron chi connectivity index (χ3n) is 1.87. The van der Waals surface area contributed by atoms with Crippen LogP contribution in [-0.4, -0.2) is 6.04 Å². The number of furan rings is 1. The van der Waals surface area contributed by atoms with Crippen molar-refractivity contribution >= 4 is 15.9 Å². The van der Waals surface area contributed by atoms with Crippen LogP contribution in [0, 0.1) is 5.92 Å². The molecular formula is C10H16BrNO. The van der Waals surface area contributed by atoms with Gasteiger partial charge in [-0.1, -0.05) is 13.8 Å². The predicted molar refractivity (Wildman–Crippen MR) is 57.5 cm³/mol. The lowest BCUT2D eigenvalue weighted by Crippen LogP contribution is -2.24. The highest BCUT2D eigenvalue weighted by atomic mass is 79.9. The zero-order valence-electron chi connectivity index (χ0n) is 8.09. The number of halogens is 1. The molecule has 1 heterocycles. The van der Waals surface area contributed by atoms with Crippen molar-refractivity contribution in [2.24, 2.45) is 11.7 Å². The molecule has 2 N–H and O–H groups in total. The summed E-state index contributed by atoms with van der Waals surface area (Å²) < 4.78 is 6.15. The molecule has 0 bridgehead atoms. The second-order valence-electron chi connectivity index (χ2n) is 3.80. The Kier molecular flexibility index (Phi) is 4.00. The van der Waals surface area contributed by atoms with Crippen LogP contribution >= 0.6 is 15.9 Å². The molecule has 0 fully saturated rings. The Morgan fingerprint density at radius 3 is 2.62 bits per heavy atom. The maximum atomic E-state index is 5.94. The molecule has 0 aliphatic heterocycles. The van der Waals surface area contributed by atoms with E-state index >= 15 is 0 Å². The van der Waals surface area contributed by atoms with E-state index in [1.165, 1.54) is 0 Å². The molecule has 0 amide bonds. The van der Waals surface area contributed by atoms with E-state index < -0.39 is 0 Å². The minimum atomic E-state index is 0.207. The first-order valence-corrected chi connectivity index (χ1v) is 5.37. The van der Waals surface area contributed by atoms with Crippen LogP contribution in [0.5, 0.6) is 0 Å². The van der Waals surface area contributed by atoms with Gasteiger partial charge in [0, 0.05) is 12.5 Å². The molecule has 3 heteroatoms. The van der Waals surface area contributed by atoms with Gasteiger partial charge in [-0.3, -0.25) is 0 Å². The fraction of sp³-hybridized carbons (Fsp3) is 0.600. The van der Waals surface area contributed by atoms with Crippen molar-refractivity contribution in [1.29, 1.82) is 0 Å². The van der Waals surface area contributed by atoms with E-state index in [9.17, 15) is 0 Å². The highest BCUT2D eigenvalue weighted by Crippen LogP contribution is 2.16. The lowest BCUT2D eigenvalue weighted by atomic mass is 10.0. The average Bonchev–Trinajstić information content (AvgIpc) is 2.33. The SMILES string of the molecule is CC(C)CC(N)Cc1ccc(Br)o1. The van der Waals surface area contributed by atoms with Gasteiger partial charge < -0.3 is 10.2 Å². The van der Waals surface area contributed by atoms with Crippen molar-refractivity contribution in [1.82, 2.24) is 0 Å². The zero-order chi connectivity index (χ0) is 9.84. The summed E-state index contributed by atoms with van der Waals surface area (Å²) in [5.41, 5.74) is 5.94. The van der Waals surface area contributed by atoms with Crippen LogP contribution in [0.1, 0.15) is 26.0 Å². The molecule has 0 aliphatic carbocycles. The van der Waals surface area contributed by atoms with E-state index in [0.717, 1.165) is 23.3 Å². The smallest absolute Gasteiger partial charge is 0.169 e. The first-order valence-electron chi connectivity index (χ1n) is 4.57. The number of rotatable bonds is 4. The fourth-order valence-corrected chi connectivity index (χ4v) is 1.75. The van der Waals surface area contributed by atoms with Crippen LogP contribution in [0.15, 0.2) is 21.2 Å². The standard InChI is InChI=1S/C10H16BrNO/c1-7(2)5-8(12)6-9-3-4-10(11)13-9/h3-4,7-8H,5-6,12H2,1-2H3. The van der Waals surface area contributed by atoms with Gasteiger partial charge in [-0.15, -0.1) is 0 Å². The summed E-state index contributed by atoms with van der Waals surface area (Å²) in [6.07, 6.45) is 1.86. The molecule has 1 aromatic rings. The summed E-state index contributed by atoms with van der Waals surface area (Å²) in [5.74, 6) is 1.61. The molecular weight excluding hydrogens is 230 g/mol. The predicted octanol–water partition coefficient (Wildman–Crippen LogP) is 2.96. The van der Waals surface area contributed by atoms with Gasteiger partial charge in [0.25, 0.3) is 0 Å². The third kappa shape index (κ3) is 3.96. The van der Waals surface area contributed by atoms with E-state index in [1.54, 1.807) is 0 Å². The molecule has 1 unspecified atom stereocenters. The Balaban J connectivity index is 2.40. The van der Waals surface area contributed by atoms with Gasteiger partial charge in [-0.25, -0.2) is 0 Å². The van der Waals surface area contributed by atoms with Crippen molar-refractivity contribution in [2.75, 3.05) is 0 Å². The second-order valence-corrected chi connectivity index (χ2v) is 4.58. The molecule has 1 atom stereocenters. The Labute approximate surface area is 87.6 Å². The fourth-order valence-electron chi connectivity index (χ4n) is 1.41. The Bertz CT molecular complexity index is 257.